The second kappa shape index (κ2) is 9.62. The van der Waals surface area contributed by atoms with E-state index in [0.717, 1.165) is 53.5 Å². The first-order chi connectivity index (χ1) is 13.6. The summed E-state index contributed by atoms with van der Waals surface area (Å²) in [5.41, 5.74) is 3.94. The quantitative estimate of drug-likeness (QED) is 0.777. The van der Waals surface area contributed by atoms with Crippen LogP contribution < -0.4 is 9.62 Å². The van der Waals surface area contributed by atoms with Crippen LogP contribution in [0.5, 0.6) is 0 Å². The Balaban J connectivity index is 1.88. The van der Waals surface area contributed by atoms with Gasteiger partial charge in [0.2, 0.25) is 0 Å². The Labute approximate surface area is 168 Å². The van der Waals surface area contributed by atoms with Crippen LogP contribution in [-0.4, -0.2) is 51.2 Å². The number of nitrogens with zero attached hydrogens (tertiary/aromatic N) is 4. The van der Waals surface area contributed by atoms with Gasteiger partial charge in [-0.1, -0.05) is 18.8 Å². The van der Waals surface area contributed by atoms with Crippen LogP contribution in [0.2, 0.25) is 0 Å². The van der Waals surface area contributed by atoms with Gasteiger partial charge in [0.15, 0.2) is 0 Å². The Morgan fingerprint density at radius 2 is 1.96 bits per heavy atom. The highest BCUT2D eigenvalue weighted by molar-refractivity contribution is 7.86. The van der Waals surface area contributed by atoms with E-state index in [1.807, 2.05) is 26.8 Å². The number of morpholine rings is 1. The predicted molar refractivity (Wildman–Crippen MR) is 112 cm³/mol. The minimum Gasteiger partial charge on any atom is -0.378 e. The Morgan fingerprint density at radius 3 is 2.71 bits per heavy atom. The molecule has 1 fully saturated rings. The van der Waals surface area contributed by atoms with E-state index >= 15 is 0 Å². The van der Waals surface area contributed by atoms with Crippen molar-refractivity contribution in [3.8, 4) is 11.8 Å². The van der Waals surface area contributed by atoms with Crippen LogP contribution in [0.25, 0.3) is 0 Å². The predicted octanol–water partition coefficient (Wildman–Crippen LogP) is 2.21. The topological polar surface area (TPSA) is 80.2 Å². The van der Waals surface area contributed by atoms with Crippen molar-refractivity contribution in [1.29, 1.82) is 0 Å². The van der Waals surface area contributed by atoms with Gasteiger partial charge in [-0.05, 0) is 26.3 Å². The number of rotatable bonds is 5. The zero-order valence-corrected chi connectivity index (χ0v) is 17.3. The van der Waals surface area contributed by atoms with E-state index in [2.05, 4.69) is 36.4 Å². The zero-order chi connectivity index (χ0) is 19.9. The van der Waals surface area contributed by atoms with Gasteiger partial charge in [0.25, 0.3) is 0 Å². The lowest BCUT2D eigenvalue weighted by Gasteiger charge is -2.28. The molecule has 1 N–H and O–H groups in total. The molecule has 7 nitrogen and oxygen atoms in total. The fraction of sp³-hybridized carbons (Fsp3) is 0.450. The molecular formula is C20H25N5O2S. The van der Waals surface area contributed by atoms with E-state index in [-0.39, 0.29) is 0 Å². The van der Waals surface area contributed by atoms with Gasteiger partial charge in [-0.15, -0.1) is 0 Å². The number of nitrogens with one attached hydrogen (secondary N) is 1. The van der Waals surface area contributed by atoms with Crippen LogP contribution in [0.3, 0.4) is 0 Å². The molecule has 0 radical (unpaired) electrons. The second-order valence-corrected chi connectivity index (χ2v) is 7.82. The maximum absolute atomic E-state index is 12.0. The molecule has 1 aliphatic heterocycles. The smallest absolute Gasteiger partial charge is 0.148 e. The molecule has 0 aromatic carbocycles. The molecule has 3 rings (SSSR count). The summed E-state index contributed by atoms with van der Waals surface area (Å²) in [5, 5.41) is 0. The number of anilines is 2. The lowest BCUT2D eigenvalue weighted by molar-refractivity contribution is 0.122. The van der Waals surface area contributed by atoms with Gasteiger partial charge in [0.05, 0.1) is 35.9 Å². The highest BCUT2D eigenvalue weighted by Crippen LogP contribution is 2.20. The van der Waals surface area contributed by atoms with Gasteiger partial charge in [-0.3, -0.25) is 4.98 Å². The first-order valence-corrected chi connectivity index (χ1v) is 10.7. The molecule has 148 valence electrons. The summed E-state index contributed by atoms with van der Waals surface area (Å²) in [7, 11) is -1.12. The van der Waals surface area contributed by atoms with E-state index < -0.39 is 11.0 Å². The Hall–Kier alpha value is -2.50. The average Bonchev–Trinajstić information content (AvgIpc) is 2.70. The zero-order valence-electron chi connectivity index (χ0n) is 16.5. The summed E-state index contributed by atoms with van der Waals surface area (Å²) < 4.78 is 20.5. The summed E-state index contributed by atoms with van der Waals surface area (Å²) in [6.07, 6.45) is 4.15. The van der Waals surface area contributed by atoms with Crippen LogP contribution in [0.4, 0.5) is 11.5 Å². The molecule has 0 aliphatic carbocycles. The summed E-state index contributed by atoms with van der Waals surface area (Å²) in [5.74, 6) is 7.82. The van der Waals surface area contributed by atoms with E-state index in [0.29, 0.717) is 19.0 Å². The number of pyridine rings is 1. The normalized spacial score (nSPS) is 14.9. The molecule has 28 heavy (non-hydrogen) atoms. The van der Waals surface area contributed by atoms with E-state index in [1.54, 1.807) is 12.5 Å². The summed E-state index contributed by atoms with van der Waals surface area (Å²) in [6, 6.07) is 1.89. The molecule has 1 unspecified atom stereocenters. The van der Waals surface area contributed by atoms with E-state index in [1.165, 1.54) is 0 Å². The van der Waals surface area contributed by atoms with Crippen LogP contribution in [0, 0.1) is 25.7 Å². The minimum absolute atomic E-state index is 0.596. The average molecular weight is 400 g/mol. The Kier molecular flexibility index (Phi) is 6.95. The molecule has 0 bridgehead atoms. The lowest BCUT2D eigenvalue weighted by atomic mass is 10.1. The molecule has 1 saturated heterocycles. The lowest BCUT2D eigenvalue weighted by Crippen LogP contribution is -2.37. The van der Waals surface area contributed by atoms with Gasteiger partial charge in [-0.2, -0.15) is 0 Å². The van der Waals surface area contributed by atoms with Crippen LogP contribution in [0.1, 0.15) is 35.9 Å². The molecule has 2 aromatic rings. The maximum atomic E-state index is 12.0. The standard InChI is InChI=1S/C20H25N5O2S/c1-4-11-28(26)24-19-12-17(13-21-16(19)3)5-6-18-15(2)22-14-23-20(18)25-7-9-27-10-8-25/h12-14,24H,4,7-11H2,1-3H3. The molecule has 8 heteroatoms. The van der Waals surface area contributed by atoms with Crippen molar-refractivity contribution in [2.24, 2.45) is 0 Å². The van der Waals surface area contributed by atoms with Gasteiger partial charge < -0.3 is 14.4 Å². The third-order valence-electron chi connectivity index (χ3n) is 4.36. The molecular weight excluding hydrogens is 374 g/mol. The fourth-order valence-corrected chi connectivity index (χ4v) is 3.75. The van der Waals surface area contributed by atoms with Crippen molar-refractivity contribution in [3.05, 3.63) is 41.1 Å². The van der Waals surface area contributed by atoms with Crippen LogP contribution in [0.15, 0.2) is 18.6 Å². The Morgan fingerprint density at radius 1 is 1.18 bits per heavy atom. The fourth-order valence-electron chi connectivity index (χ4n) is 2.82. The number of hydrogen-bond donors (Lipinski definition) is 1. The van der Waals surface area contributed by atoms with Crippen LogP contribution >= 0.6 is 0 Å². The third kappa shape index (κ3) is 5.06. The van der Waals surface area contributed by atoms with E-state index in [4.69, 9.17) is 4.74 Å². The maximum Gasteiger partial charge on any atom is 0.148 e. The van der Waals surface area contributed by atoms with Crippen molar-refractivity contribution in [2.75, 3.05) is 41.7 Å². The molecule has 1 atom stereocenters. The summed E-state index contributed by atoms with van der Waals surface area (Å²) in [6.45, 7) is 8.76. The minimum atomic E-state index is -1.12. The summed E-state index contributed by atoms with van der Waals surface area (Å²) in [4.78, 5) is 15.3. The number of hydrogen-bond acceptors (Lipinski definition) is 6. The first-order valence-electron chi connectivity index (χ1n) is 9.36. The van der Waals surface area contributed by atoms with Gasteiger partial charge in [0, 0.05) is 30.6 Å². The van der Waals surface area contributed by atoms with Crippen molar-refractivity contribution in [3.63, 3.8) is 0 Å². The molecule has 3 heterocycles. The van der Waals surface area contributed by atoms with Crippen molar-refractivity contribution >= 4 is 22.5 Å². The number of aryl methyl sites for hydroxylation is 2. The SMILES string of the molecule is CCCS(=O)Nc1cc(C#Cc2c(C)ncnc2N2CCOCC2)cnc1C. The molecule has 0 spiro atoms. The van der Waals surface area contributed by atoms with Crippen LogP contribution in [-0.2, 0) is 15.7 Å². The van der Waals surface area contributed by atoms with Crippen molar-refractivity contribution in [1.82, 2.24) is 15.0 Å². The van der Waals surface area contributed by atoms with Gasteiger partial charge in [-0.25, -0.2) is 14.2 Å². The highest BCUT2D eigenvalue weighted by Gasteiger charge is 2.17. The molecule has 2 aromatic heterocycles. The van der Waals surface area contributed by atoms with Crippen molar-refractivity contribution < 1.29 is 8.95 Å². The molecule has 1 aliphatic rings. The summed E-state index contributed by atoms with van der Waals surface area (Å²) >= 11 is 0. The third-order valence-corrected chi connectivity index (χ3v) is 5.59. The van der Waals surface area contributed by atoms with E-state index in [9.17, 15) is 4.21 Å². The van der Waals surface area contributed by atoms with Crippen molar-refractivity contribution in [2.45, 2.75) is 27.2 Å². The largest absolute Gasteiger partial charge is 0.378 e. The van der Waals surface area contributed by atoms with Gasteiger partial charge >= 0.3 is 0 Å². The second-order valence-electron chi connectivity index (χ2n) is 6.52. The number of ether oxygens (including phenoxy) is 1. The molecule has 0 amide bonds. The highest BCUT2D eigenvalue weighted by atomic mass is 32.2. The number of aromatic nitrogens is 3. The van der Waals surface area contributed by atoms with Gasteiger partial charge in [0.1, 0.15) is 23.1 Å². The molecule has 0 saturated carbocycles. The Bertz CT molecular complexity index is 917. The first kappa shape index (κ1) is 20.2. The monoisotopic (exact) mass is 399 g/mol.